The number of carbonyl (C=O) groups excluding carboxylic acids is 1. The summed E-state index contributed by atoms with van der Waals surface area (Å²) in [5.41, 5.74) is 0.564. The molecule has 1 aromatic carbocycles. The molecule has 1 unspecified atom stereocenters. The molecule has 0 bridgehead atoms. The zero-order valence-electron chi connectivity index (χ0n) is 13.2. The molecule has 120 valence electrons. The van der Waals surface area contributed by atoms with E-state index in [0.29, 0.717) is 31.0 Å². The van der Waals surface area contributed by atoms with Crippen molar-refractivity contribution in [2.45, 2.75) is 45.3 Å². The van der Waals surface area contributed by atoms with Crippen LogP contribution < -0.4 is 4.74 Å². The van der Waals surface area contributed by atoms with E-state index in [0.717, 1.165) is 19.4 Å². The molecule has 1 fully saturated rings. The van der Waals surface area contributed by atoms with Gasteiger partial charge in [0.15, 0.2) is 0 Å². The minimum absolute atomic E-state index is 0.162. The second-order valence-electron chi connectivity index (χ2n) is 6.32. The van der Waals surface area contributed by atoms with Gasteiger partial charge in [-0.15, -0.1) is 0 Å². The Balaban J connectivity index is 1.83. The number of nitrogens with zero attached hydrogens (tertiary/aromatic N) is 2. The van der Waals surface area contributed by atoms with Gasteiger partial charge in [0.2, 0.25) is 5.91 Å². The molecule has 1 aromatic rings. The largest absolute Gasteiger partial charge is 0.492 e. The number of rotatable bonds is 2. The fraction of sp³-hybridized carbons (Fsp3) is 0.588. The summed E-state index contributed by atoms with van der Waals surface area (Å²) in [5, 5.41) is 0. The van der Waals surface area contributed by atoms with Crippen LogP contribution in [0.5, 0.6) is 5.75 Å². The summed E-state index contributed by atoms with van der Waals surface area (Å²) < 4.78 is 19.7. The maximum atomic E-state index is 14.1. The van der Waals surface area contributed by atoms with Crippen molar-refractivity contribution in [2.24, 2.45) is 0 Å². The molecule has 0 spiro atoms. The van der Waals surface area contributed by atoms with E-state index in [1.165, 1.54) is 6.07 Å². The number of amides is 1. The Morgan fingerprint density at radius 3 is 2.91 bits per heavy atom. The highest BCUT2D eigenvalue weighted by Crippen LogP contribution is 2.28. The standard InChI is InChI=1S/C17H23FN2O2/c1-12(2)20-8-4-6-15(17(20)21)19-9-10-22-16-7-3-5-14(18)13(16)11-19/h3,5,7,12,15H,4,6,8-11H2,1-2H3. The number of benzene rings is 1. The molecule has 0 saturated carbocycles. The highest BCUT2D eigenvalue weighted by molar-refractivity contribution is 5.83. The van der Waals surface area contributed by atoms with Gasteiger partial charge in [-0.2, -0.15) is 0 Å². The van der Waals surface area contributed by atoms with Gasteiger partial charge >= 0.3 is 0 Å². The first-order valence-electron chi connectivity index (χ1n) is 8.02. The molecule has 2 aliphatic rings. The average molecular weight is 306 g/mol. The molecule has 0 aliphatic carbocycles. The van der Waals surface area contributed by atoms with Crippen LogP contribution in [-0.4, -0.2) is 47.5 Å². The van der Waals surface area contributed by atoms with Crippen molar-refractivity contribution < 1.29 is 13.9 Å². The van der Waals surface area contributed by atoms with Crippen molar-refractivity contribution in [1.82, 2.24) is 9.80 Å². The highest BCUT2D eigenvalue weighted by Gasteiger charge is 2.35. The number of piperidine rings is 1. The molecule has 1 amide bonds. The van der Waals surface area contributed by atoms with Gasteiger partial charge in [-0.05, 0) is 38.8 Å². The van der Waals surface area contributed by atoms with E-state index >= 15 is 0 Å². The first kappa shape index (κ1) is 15.3. The van der Waals surface area contributed by atoms with Crippen LogP contribution in [0.25, 0.3) is 0 Å². The summed E-state index contributed by atoms with van der Waals surface area (Å²) in [7, 11) is 0. The minimum Gasteiger partial charge on any atom is -0.492 e. The summed E-state index contributed by atoms with van der Waals surface area (Å²) in [6.07, 6.45) is 1.84. The molecule has 0 aromatic heterocycles. The van der Waals surface area contributed by atoms with E-state index < -0.39 is 0 Å². The van der Waals surface area contributed by atoms with Gasteiger partial charge in [-0.25, -0.2) is 4.39 Å². The lowest BCUT2D eigenvalue weighted by atomic mass is 10.0. The van der Waals surface area contributed by atoms with Crippen LogP contribution in [0.2, 0.25) is 0 Å². The van der Waals surface area contributed by atoms with Gasteiger partial charge in [0.25, 0.3) is 0 Å². The fourth-order valence-corrected chi connectivity index (χ4v) is 3.38. The van der Waals surface area contributed by atoms with E-state index in [1.54, 1.807) is 12.1 Å². The fourth-order valence-electron chi connectivity index (χ4n) is 3.38. The van der Waals surface area contributed by atoms with Crippen LogP contribution >= 0.6 is 0 Å². The zero-order valence-corrected chi connectivity index (χ0v) is 13.2. The van der Waals surface area contributed by atoms with Crippen molar-refractivity contribution >= 4 is 5.91 Å². The first-order chi connectivity index (χ1) is 10.6. The number of ether oxygens (including phenoxy) is 1. The Morgan fingerprint density at radius 1 is 1.32 bits per heavy atom. The lowest BCUT2D eigenvalue weighted by Gasteiger charge is -2.39. The SMILES string of the molecule is CC(C)N1CCCC(N2CCOc3cccc(F)c3C2)C1=O. The topological polar surface area (TPSA) is 32.8 Å². The maximum absolute atomic E-state index is 14.1. The summed E-state index contributed by atoms with van der Waals surface area (Å²) in [6.45, 7) is 6.48. The van der Waals surface area contributed by atoms with Gasteiger partial charge in [0, 0.05) is 31.2 Å². The monoisotopic (exact) mass is 306 g/mol. The molecule has 22 heavy (non-hydrogen) atoms. The molecule has 0 radical (unpaired) electrons. The Morgan fingerprint density at radius 2 is 2.14 bits per heavy atom. The summed E-state index contributed by atoms with van der Waals surface area (Å²) >= 11 is 0. The van der Waals surface area contributed by atoms with Gasteiger partial charge in [0.1, 0.15) is 18.2 Å². The molecule has 0 N–H and O–H groups in total. The summed E-state index contributed by atoms with van der Waals surface area (Å²) in [6, 6.07) is 4.96. The Labute approximate surface area is 130 Å². The van der Waals surface area contributed by atoms with Gasteiger partial charge < -0.3 is 9.64 Å². The van der Waals surface area contributed by atoms with Crippen molar-refractivity contribution in [2.75, 3.05) is 19.7 Å². The third-order valence-corrected chi connectivity index (χ3v) is 4.58. The first-order valence-corrected chi connectivity index (χ1v) is 8.02. The Hall–Kier alpha value is -1.62. The molecule has 5 heteroatoms. The maximum Gasteiger partial charge on any atom is 0.240 e. The van der Waals surface area contributed by atoms with Crippen LogP contribution in [0.4, 0.5) is 4.39 Å². The predicted molar refractivity (Wildman–Crippen MR) is 82.2 cm³/mol. The molecule has 3 rings (SSSR count). The normalized spacial score (nSPS) is 23.2. The van der Waals surface area contributed by atoms with Crippen molar-refractivity contribution in [3.05, 3.63) is 29.6 Å². The van der Waals surface area contributed by atoms with Gasteiger partial charge in [-0.3, -0.25) is 9.69 Å². The number of fused-ring (bicyclic) bond motifs is 1. The number of halogens is 1. The van der Waals surface area contributed by atoms with Crippen LogP contribution in [0.3, 0.4) is 0 Å². The lowest BCUT2D eigenvalue weighted by Crippen LogP contribution is -2.54. The quantitative estimate of drug-likeness (QED) is 0.841. The molecule has 1 saturated heterocycles. The van der Waals surface area contributed by atoms with E-state index in [9.17, 15) is 9.18 Å². The van der Waals surface area contributed by atoms with Crippen molar-refractivity contribution in [3.8, 4) is 5.75 Å². The predicted octanol–water partition coefficient (Wildman–Crippen LogP) is 2.42. The highest BCUT2D eigenvalue weighted by atomic mass is 19.1. The Bertz CT molecular complexity index is 562. The molecule has 2 heterocycles. The second-order valence-corrected chi connectivity index (χ2v) is 6.32. The van der Waals surface area contributed by atoms with E-state index in [4.69, 9.17) is 4.74 Å². The third-order valence-electron chi connectivity index (χ3n) is 4.58. The van der Waals surface area contributed by atoms with E-state index in [1.807, 2.05) is 18.7 Å². The van der Waals surface area contributed by atoms with Crippen molar-refractivity contribution in [1.29, 1.82) is 0 Å². The van der Waals surface area contributed by atoms with Crippen LogP contribution in [-0.2, 0) is 11.3 Å². The average Bonchev–Trinajstić information content (AvgIpc) is 2.70. The lowest BCUT2D eigenvalue weighted by molar-refractivity contribution is -0.142. The second kappa shape index (κ2) is 6.24. The van der Waals surface area contributed by atoms with E-state index in [2.05, 4.69) is 4.90 Å². The minimum atomic E-state index is -0.256. The molecular formula is C17H23FN2O2. The number of hydrogen-bond donors (Lipinski definition) is 0. The third kappa shape index (κ3) is 2.82. The Kier molecular flexibility index (Phi) is 4.34. The van der Waals surface area contributed by atoms with Crippen LogP contribution in [0.1, 0.15) is 32.3 Å². The summed E-state index contributed by atoms with van der Waals surface area (Å²) in [5.74, 6) is 0.515. The van der Waals surface area contributed by atoms with Crippen molar-refractivity contribution in [3.63, 3.8) is 0 Å². The number of likely N-dealkylation sites (tertiary alicyclic amines) is 1. The summed E-state index contributed by atoms with van der Waals surface area (Å²) in [4.78, 5) is 16.7. The van der Waals surface area contributed by atoms with E-state index in [-0.39, 0.29) is 23.8 Å². The smallest absolute Gasteiger partial charge is 0.240 e. The number of hydrogen-bond acceptors (Lipinski definition) is 3. The van der Waals surface area contributed by atoms with Crippen LogP contribution in [0, 0.1) is 5.82 Å². The van der Waals surface area contributed by atoms with Gasteiger partial charge in [-0.1, -0.05) is 6.07 Å². The molecule has 4 nitrogen and oxygen atoms in total. The molecular weight excluding hydrogens is 283 g/mol. The van der Waals surface area contributed by atoms with Crippen LogP contribution in [0.15, 0.2) is 18.2 Å². The van der Waals surface area contributed by atoms with Gasteiger partial charge in [0.05, 0.1) is 6.04 Å². The molecule has 1 atom stereocenters. The zero-order chi connectivity index (χ0) is 15.7. The molecule has 2 aliphatic heterocycles. The number of carbonyl (C=O) groups is 1.